The Morgan fingerprint density at radius 2 is 1.88 bits per heavy atom. The fourth-order valence-electron chi connectivity index (χ4n) is 3.11. The highest BCUT2D eigenvalue weighted by atomic mass is 19.1. The first kappa shape index (κ1) is 22.9. The van der Waals surface area contributed by atoms with Gasteiger partial charge in [0.05, 0.1) is 18.9 Å². The summed E-state index contributed by atoms with van der Waals surface area (Å²) in [4.78, 5) is 20.5. The van der Waals surface area contributed by atoms with Gasteiger partial charge in [0.1, 0.15) is 23.1 Å². The van der Waals surface area contributed by atoms with Gasteiger partial charge in [-0.05, 0) is 29.8 Å². The first-order valence-electron chi connectivity index (χ1n) is 10.4. The summed E-state index contributed by atoms with van der Waals surface area (Å²) < 4.78 is 43.3. The predicted octanol–water partition coefficient (Wildman–Crippen LogP) is 5.06. The van der Waals surface area contributed by atoms with Crippen LogP contribution in [0.1, 0.15) is 17.9 Å². The normalized spacial score (nSPS) is 10.7. The monoisotopic (exact) mass is 465 g/mol. The van der Waals surface area contributed by atoms with Crippen LogP contribution in [-0.4, -0.2) is 23.0 Å². The van der Waals surface area contributed by atoms with E-state index in [0.29, 0.717) is 23.9 Å². The molecule has 0 fully saturated rings. The lowest BCUT2D eigenvalue weighted by Gasteiger charge is -2.08. The van der Waals surface area contributed by atoms with E-state index >= 15 is 0 Å². The number of halogens is 2. The average Bonchev–Trinajstić information content (AvgIpc) is 3.31. The molecule has 0 saturated heterocycles. The molecule has 34 heavy (non-hydrogen) atoms. The molecule has 4 rings (SSSR count). The van der Waals surface area contributed by atoms with Crippen LogP contribution in [0.15, 0.2) is 71.4 Å². The zero-order chi connectivity index (χ0) is 23.9. The van der Waals surface area contributed by atoms with E-state index in [0.717, 1.165) is 17.7 Å². The lowest BCUT2D eigenvalue weighted by molar-refractivity contribution is -0.121. The number of ether oxygens (including phenoxy) is 2. The molecule has 7 nitrogen and oxygen atoms in total. The zero-order valence-electron chi connectivity index (χ0n) is 18.3. The molecule has 0 aliphatic carbocycles. The number of amides is 1. The molecule has 1 N–H and O–H groups in total. The van der Waals surface area contributed by atoms with Crippen LogP contribution in [0.4, 0.5) is 8.78 Å². The minimum Gasteiger partial charge on any atom is -0.497 e. The number of carbonyl (C=O) groups is 1. The number of hydrogen-bond acceptors (Lipinski definition) is 6. The van der Waals surface area contributed by atoms with E-state index in [9.17, 15) is 13.6 Å². The van der Waals surface area contributed by atoms with Gasteiger partial charge in [0.2, 0.25) is 11.8 Å². The number of nitrogens with zero attached hydrogens (tertiary/aromatic N) is 2. The van der Waals surface area contributed by atoms with Crippen molar-refractivity contribution in [1.82, 2.24) is 15.3 Å². The van der Waals surface area contributed by atoms with Crippen molar-refractivity contribution in [3.63, 3.8) is 0 Å². The first-order chi connectivity index (χ1) is 16.5. The fraction of sp³-hybridized carbons (Fsp3) is 0.160. The summed E-state index contributed by atoms with van der Waals surface area (Å²) in [5.74, 6) is 0.543. The summed E-state index contributed by atoms with van der Waals surface area (Å²) in [6.45, 7) is 0.295. The Morgan fingerprint density at radius 1 is 1.03 bits per heavy atom. The number of hydrogen-bond donors (Lipinski definition) is 1. The van der Waals surface area contributed by atoms with E-state index in [2.05, 4.69) is 15.3 Å². The van der Waals surface area contributed by atoms with Gasteiger partial charge in [0.25, 0.3) is 0 Å². The van der Waals surface area contributed by atoms with Crippen LogP contribution in [0.25, 0.3) is 11.3 Å². The van der Waals surface area contributed by atoms with E-state index in [-0.39, 0.29) is 36.0 Å². The number of methoxy groups -OCH3 is 1. The van der Waals surface area contributed by atoms with Gasteiger partial charge in [0, 0.05) is 43.8 Å². The molecule has 174 valence electrons. The molecular weight excluding hydrogens is 444 g/mol. The topological polar surface area (TPSA) is 86.5 Å². The largest absolute Gasteiger partial charge is 0.497 e. The number of benzene rings is 2. The third kappa shape index (κ3) is 5.94. The highest BCUT2D eigenvalue weighted by molar-refractivity contribution is 5.76. The Labute approximate surface area is 194 Å². The summed E-state index contributed by atoms with van der Waals surface area (Å²) in [5, 5.41) is 2.80. The van der Waals surface area contributed by atoms with Crippen molar-refractivity contribution < 1.29 is 27.5 Å². The summed E-state index contributed by atoms with van der Waals surface area (Å²) in [6, 6.07) is 13.9. The SMILES string of the molecule is COc1cccc(Oc2ccc(CNC(=O)CCc3ncc(-c4ccc(F)cc4F)o3)cn2)c1. The molecule has 2 aromatic heterocycles. The number of carbonyl (C=O) groups excluding carboxylic acids is 1. The highest BCUT2D eigenvalue weighted by Gasteiger charge is 2.13. The summed E-state index contributed by atoms with van der Waals surface area (Å²) in [6.07, 6.45) is 3.34. The Balaban J connectivity index is 1.24. The maximum atomic E-state index is 13.9. The predicted molar refractivity (Wildman–Crippen MR) is 119 cm³/mol. The quantitative estimate of drug-likeness (QED) is 0.372. The Hall–Kier alpha value is -4.27. The molecule has 0 saturated carbocycles. The maximum Gasteiger partial charge on any atom is 0.220 e. The Bertz CT molecular complexity index is 1280. The van der Waals surface area contributed by atoms with Gasteiger partial charge < -0.3 is 19.2 Å². The van der Waals surface area contributed by atoms with Crippen LogP contribution in [0, 0.1) is 11.6 Å². The van der Waals surface area contributed by atoms with Crippen molar-refractivity contribution in [3.05, 3.63) is 90.1 Å². The van der Waals surface area contributed by atoms with Gasteiger partial charge in [-0.2, -0.15) is 0 Å². The van der Waals surface area contributed by atoms with Crippen LogP contribution in [0.2, 0.25) is 0 Å². The standard InChI is InChI=1S/C25H21F2N3O4/c1-32-18-3-2-4-19(12-18)33-24-9-5-16(14-29-24)13-28-23(31)8-10-25-30-15-22(34-25)20-7-6-17(26)11-21(20)27/h2-7,9,11-12,14-15H,8,10,13H2,1H3,(H,28,31). The molecule has 0 spiro atoms. The van der Waals surface area contributed by atoms with Gasteiger partial charge in [-0.1, -0.05) is 12.1 Å². The molecule has 0 atom stereocenters. The summed E-state index contributed by atoms with van der Waals surface area (Å²) in [5.41, 5.74) is 0.910. The van der Waals surface area contributed by atoms with Gasteiger partial charge in [-0.3, -0.25) is 4.79 Å². The number of aromatic nitrogens is 2. The van der Waals surface area contributed by atoms with Gasteiger partial charge in [-0.15, -0.1) is 0 Å². The van der Waals surface area contributed by atoms with Crippen molar-refractivity contribution in [2.24, 2.45) is 0 Å². The molecular formula is C25H21F2N3O4. The molecule has 0 aliphatic heterocycles. The lowest BCUT2D eigenvalue weighted by Crippen LogP contribution is -2.23. The van der Waals surface area contributed by atoms with E-state index in [1.165, 1.54) is 12.3 Å². The van der Waals surface area contributed by atoms with Crippen LogP contribution in [0.3, 0.4) is 0 Å². The summed E-state index contributed by atoms with van der Waals surface area (Å²) in [7, 11) is 1.58. The number of nitrogens with one attached hydrogen (secondary N) is 1. The highest BCUT2D eigenvalue weighted by Crippen LogP contribution is 2.25. The molecule has 9 heteroatoms. The van der Waals surface area contributed by atoms with Crippen LogP contribution in [0.5, 0.6) is 17.4 Å². The van der Waals surface area contributed by atoms with E-state index < -0.39 is 11.6 Å². The molecule has 1 amide bonds. The van der Waals surface area contributed by atoms with Crippen LogP contribution >= 0.6 is 0 Å². The fourth-order valence-corrected chi connectivity index (χ4v) is 3.11. The number of rotatable bonds is 9. The number of oxazole rings is 1. The van der Waals surface area contributed by atoms with Gasteiger partial charge in [-0.25, -0.2) is 18.7 Å². The molecule has 0 bridgehead atoms. The number of aryl methyl sites for hydroxylation is 1. The van der Waals surface area contributed by atoms with Crippen molar-refractivity contribution in [3.8, 4) is 28.7 Å². The van der Waals surface area contributed by atoms with E-state index in [1.807, 2.05) is 12.1 Å². The third-order valence-electron chi connectivity index (χ3n) is 4.87. The molecule has 0 radical (unpaired) electrons. The number of pyridine rings is 1. The molecule has 4 aromatic rings. The van der Waals surface area contributed by atoms with E-state index in [4.69, 9.17) is 13.9 Å². The average molecular weight is 465 g/mol. The smallest absolute Gasteiger partial charge is 0.220 e. The Kier molecular flexibility index (Phi) is 7.12. The minimum atomic E-state index is -0.742. The minimum absolute atomic E-state index is 0.107. The van der Waals surface area contributed by atoms with Crippen molar-refractivity contribution in [2.75, 3.05) is 7.11 Å². The second-order valence-electron chi connectivity index (χ2n) is 7.30. The van der Waals surface area contributed by atoms with Crippen molar-refractivity contribution in [1.29, 1.82) is 0 Å². The summed E-state index contributed by atoms with van der Waals surface area (Å²) >= 11 is 0. The second-order valence-corrected chi connectivity index (χ2v) is 7.30. The second kappa shape index (κ2) is 10.6. The maximum absolute atomic E-state index is 13.9. The molecule has 0 unspecified atom stereocenters. The molecule has 2 aromatic carbocycles. The van der Waals surface area contributed by atoms with Gasteiger partial charge >= 0.3 is 0 Å². The van der Waals surface area contributed by atoms with Gasteiger partial charge in [0.15, 0.2) is 11.7 Å². The lowest BCUT2D eigenvalue weighted by atomic mass is 10.2. The van der Waals surface area contributed by atoms with E-state index in [1.54, 1.807) is 37.6 Å². The Morgan fingerprint density at radius 3 is 2.65 bits per heavy atom. The van der Waals surface area contributed by atoms with Crippen molar-refractivity contribution >= 4 is 5.91 Å². The molecule has 2 heterocycles. The van der Waals surface area contributed by atoms with Crippen LogP contribution in [-0.2, 0) is 17.8 Å². The molecule has 0 aliphatic rings. The zero-order valence-corrected chi connectivity index (χ0v) is 18.3. The third-order valence-corrected chi connectivity index (χ3v) is 4.87. The van der Waals surface area contributed by atoms with Crippen molar-refractivity contribution in [2.45, 2.75) is 19.4 Å². The first-order valence-corrected chi connectivity index (χ1v) is 10.4. The van der Waals surface area contributed by atoms with Crippen LogP contribution < -0.4 is 14.8 Å².